The molecule has 1 unspecified atom stereocenters. The molecule has 6 nitrogen and oxygen atoms in total. The van der Waals surface area contributed by atoms with E-state index in [0.29, 0.717) is 19.5 Å². The first-order chi connectivity index (χ1) is 12.2. The summed E-state index contributed by atoms with van der Waals surface area (Å²) in [6, 6.07) is 16.5. The monoisotopic (exact) mass is 339 g/mol. The van der Waals surface area contributed by atoms with Crippen molar-refractivity contribution < 1.29 is 14.3 Å². The molecule has 3 rings (SSSR count). The molecule has 1 aliphatic rings. The molecule has 0 radical (unpaired) electrons. The maximum absolute atomic E-state index is 12.2. The average molecular weight is 339 g/mol. The van der Waals surface area contributed by atoms with E-state index in [4.69, 9.17) is 4.74 Å². The summed E-state index contributed by atoms with van der Waals surface area (Å²) in [6.45, 7) is 0.916. The number of nitrogens with zero attached hydrogens (tertiary/aromatic N) is 1. The first kappa shape index (κ1) is 16.8. The van der Waals surface area contributed by atoms with E-state index in [1.807, 2.05) is 54.6 Å². The van der Waals surface area contributed by atoms with Crippen LogP contribution in [0.25, 0.3) is 0 Å². The van der Waals surface area contributed by atoms with Crippen molar-refractivity contribution in [3.8, 4) is 5.75 Å². The highest BCUT2D eigenvalue weighted by Gasteiger charge is 2.31. The largest absolute Gasteiger partial charge is 0.497 e. The van der Waals surface area contributed by atoms with Crippen molar-refractivity contribution in [2.75, 3.05) is 18.6 Å². The number of hydrogen-bond donors (Lipinski definition) is 2. The molecule has 2 aromatic rings. The van der Waals surface area contributed by atoms with Crippen LogP contribution in [0, 0.1) is 0 Å². The zero-order valence-electron chi connectivity index (χ0n) is 14.1. The van der Waals surface area contributed by atoms with Crippen LogP contribution < -0.4 is 20.3 Å². The molecular weight excluding hydrogens is 318 g/mol. The molecule has 1 saturated heterocycles. The van der Waals surface area contributed by atoms with Crippen LogP contribution in [0.1, 0.15) is 12.0 Å². The molecule has 0 aliphatic carbocycles. The van der Waals surface area contributed by atoms with E-state index < -0.39 is 0 Å². The van der Waals surface area contributed by atoms with E-state index in [-0.39, 0.29) is 18.0 Å². The van der Waals surface area contributed by atoms with Crippen molar-refractivity contribution in [3.63, 3.8) is 0 Å². The summed E-state index contributed by atoms with van der Waals surface area (Å²) in [5, 5.41) is 5.68. The van der Waals surface area contributed by atoms with Gasteiger partial charge in [0.1, 0.15) is 5.75 Å². The van der Waals surface area contributed by atoms with Crippen molar-refractivity contribution in [1.29, 1.82) is 0 Å². The van der Waals surface area contributed by atoms with E-state index in [1.165, 1.54) is 0 Å². The third-order valence-corrected chi connectivity index (χ3v) is 4.14. The smallest absolute Gasteiger partial charge is 0.315 e. The predicted molar refractivity (Wildman–Crippen MR) is 95.6 cm³/mol. The first-order valence-corrected chi connectivity index (χ1v) is 8.18. The van der Waals surface area contributed by atoms with Gasteiger partial charge in [-0.05, 0) is 29.8 Å². The molecule has 1 fully saturated rings. The highest BCUT2D eigenvalue weighted by molar-refractivity contribution is 5.96. The number of nitrogens with one attached hydrogen (secondary N) is 2. The minimum absolute atomic E-state index is 0.00136. The molecule has 3 amide bonds. The summed E-state index contributed by atoms with van der Waals surface area (Å²) in [5.41, 5.74) is 1.83. The predicted octanol–water partition coefficient (Wildman–Crippen LogP) is 2.30. The molecule has 1 heterocycles. The minimum atomic E-state index is -0.266. The standard InChI is InChI=1S/C19H21N3O3/c1-25-17-9-7-16(8-10-17)22-13-15(11-18(22)23)21-19(24)20-12-14-5-3-2-4-6-14/h2-10,15H,11-13H2,1H3,(H2,20,21,24). The third-order valence-electron chi connectivity index (χ3n) is 4.14. The number of methoxy groups -OCH3 is 1. The molecule has 2 aromatic carbocycles. The number of amides is 3. The second-order valence-corrected chi connectivity index (χ2v) is 5.92. The number of ether oxygens (including phenoxy) is 1. The number of hydrogen-bond acceptors (Lipinski definition) is 3. The Hall–Kier alpha value is -3.02. The first-order valence-electron chi connectivity index (χ1n) is 8.18. The topological polar surface area (TPSA) is 70.7 Å². The Bertz CT molecular complexity index is 731. The van der Waals surface area contributed by atoms with E-state index in [1.54, 1.807) is 12.0 Å². The molecule has 0 aromatic heterocycles. The lowest BCUT2D eigenvalue weighted by Gasteiger charge is -2.17. The molecule has 0 spiro atoms. The molecule has 0 saturated carbocycles. The van der Waals surface area contributed by atoms with Gasteiger partial charge < -0.3 is 20.3 Å². The van der Waals surface area contributed by atoms with Crippen LogP contribution in [-0.4, -0.2) is 31.6 Å². The zero-order valence-corrected chi connectivity index (χ0v) is 14.1. The summed E-state index contributed by atoms with van der Waals surface area (Å²) < 4.78 is 5.13. The van der Waals surface area contributed by atoms with Crippen LogP contribution in [0.4, 0.5) is 10.5 Å². The Morgan fingerprint density at radius 3 is 2.56 bits per heavy atom. The van der Waals surface area contributed by atoms with Gasteiger partial charge in [0.15, 0.2) is 0 Å². The molecule has 25 heavy (non-hydrogen) atoms. The van der Waals surface area contributed by atoms with Crippen LogP contribution in [0.3, 0.4) is 0 Å². The highest BCUT2D eigenvalue weighted by Crippen LogP contribution is 2.24. The van der Waals surface area contributed by atoms with Gasteiger partial charge >= 0.3 is 6.03 Å². The number of rotatable bonds is 5. The Morgan fingerprint density at radius 2 is 1.88 bits per heavy atom. The molecule has 130 valence electrons. The van der Waals surface area contributed by atoms with Gasteiger partial charge in [-0.25, -0.2) is 4.79 Å². The van der Waals surface area contributed by atoms with E-state index in [0.717, 1.165) is 17.0 Å². The van der Waals surface area contributed by atoms with E-state index in [9.17, 15) is 9.59 Å². The van der Waals surface area contributed by atoms with Gasteiger partial charge in [-0.15, -0.1) is 0 Å². The maximum atomic E-state index is 12.2. The summed E-state index contributed by atoms with van der Waals surface area (Å²) in [6.07, 6.45) is 0.296. The Morgan fingerprint density at radius 1 is 1.16 bits per heavy atom. The van der Waals surface area contributed by atoms with Gasteiger partial charge in [0.2, 0.25) is 5.91 Å². The molecule has 1 aliphatic heterocycles. The maximum Gasteiger partial charge on any atom is 0.315 e. The quantitative estimate of drug-likeness (QED) is 0.878. The van der Waals surface area contributed by atoms with Crippen molar-refractivity contribution in [3.05, 3.63) is 60.2 Å². The minimum Gasteiger partial charge on any atom is -0.497 e. The summed E-state index contributed by atoms with van der Waals surface area (Å²) in [7, 11) is 1.60. The van der Waals surface area contributed by atoms with Crippen molar-refractivity contribution in [1.82, 2.24) is 10.6 Å². The lowest BCUT2D eigenvalue weighted by atomic mass is 10.2. The zero-order chi connectivity index (χ0) is 17.6. The number of benzene rings is 2. The van der Waals surface area contributed by atoms with Crippen LogP contribution in [-0.2, 0) is 11.3 Å². The van der Waals surface area contributed by atoms with Gasteiger partial charge in [-0.3, -0.25) is 4.79 Å². The Balaban J connectivity index is 1.52. The number of anilines is 1. The summed E-state index contributed by atoms with van der Waals surface area (Å²) in [5.74, 6) is 0.740. The van der Waals surface area contributed by atoms with Gasteiger partial charge in [0.25, 0.3) is 0 Å². The molecule has 0 bridgehead atoms. The second-order valence-electron chi connectivity index (χ2n) is 5.92. The SMILES string of the molecule is COc1ccc(N2CC(NC(=O)NCc3ccccc3)CC2=O)cc1. The van der Waals surface area contributed by atoms with Crippen molar-refractivity contribution in [2.24, 2.45) is 0 Å². The van der Waals surface area contributed by atoms with Crippen molar-refractivity contribution >= 4 is 17.6 Å². The Labute approximate surface area is 146 Å². The van der Waals surface area contributed by atoms with Crippen LogP contribution in [0.15, 0.2) is 54.6 Å². The summed E-state index contributed by atoms with van der Waals surface area (Å²) >= 11 is 0. The number of carbonyl (C=O) groups excluding carboxylic acids is 2. The Kier molecular flexibility index (Phi) is 5.18. The number of urea groups is 1. The fourth-order valence-corrected chi connectivity index (χ4v) is 2.83. The van der Waals surface area contributed by atoms with Crippen LogP contribution in [0.2, 0.25) is 0 Å². The molecule has 2 N–H and O–H groups in total. The van der Waals surface area contributed by atoms with Crippen LogP contribution in [0.5, 0.6) is 5.75 Å². The molecule has 6 heteroatoms. The third kappa shape index (κ3) is 4.29. The van der Waals surface area contributed by atoms with Gasteiger partial charge in [-0.1, -0.05) is 30.3 Å². The van der Waals surface area contributed by atoms with Gasteiger partial charge in [0.05, 0.1) is 13.2 Å². The normalized spacial score (nSPS) is 16.6. The molecular formula is C19H21N3O3. The van der Waals surface area contributed by atoms with Crippen molar-refractivity contribution in [2.45, 2.75) is 19.0 Å². The van der Waals surface area contributed by atoms with Crippen LogP contribution >= 0.6 is 0 Å². The average Bonchev–Trinajstić information content (AvgIpc) is 3.01. The number of carbonyl (C=O) groups is 2. The fraction of sp³-hybridized carbons (Fsp3) is 0.263. The second kappa shape index (κ2) is 7.70. The van der Waals surface area contributed by atoms with E-state index >= 15 is 0 Å². The molecule has 1 atom stereocenters. The summed E-state index contributed by atoms with van der Waals surface area (Å²) in [4.78, 5) is 25.9. The lowest BCUT2D eigenvalue weighted by Crippen LogP contribution is -2.43. The van der Waals surface area contributed by atoms with E-state index in [2.05, 4.69) is 10.6 Å². The lowest BCUT2D eigenvalue weighted by molar-refractivity contribution is -0.117. The fourth-order valence-electron chi connectivity index (χ4n) is 2.83. The van der Waals surface area contributed by atoms with Gasteiger partial charge in [-0.2, -0.15) is 0 Å². The van der Waals surface area contributed by atoms with Gasteiger partial charge in [0, 0.05) is 25.2 Å². The highest BCUT2D eigenvalue weighted by atomic mass is 16.5.